The number of aliphatic hydroxyl groups excluding tert-OH is 1. The van der Waals surface area contributed by atoms with Gasteiger partial charge in [-0.25, -0.2) is 4.79 Å². The van der Waals surface area contributed by atoms with Crippen LogP contribution < -0.4 is 0 Å². The Morgan fingerprint density at radius 1 is 0.966 bits per heavy atom. The minimum atomic E-state index is -0.780. The molecule has 0 heterocycles. The van der Waals surface area contributed by atoms with Crippen molar-refractivity contribution in [3.05, 3.63) is 71.3 Å². The second kappa shape index (κ2) is 9.55. The Hall–Kier alpha value is -2.17. The summed E-state index contributed by atoms with van der Waals surface area (Å²) in [5.41, 5.74) is 2.72. The molecular weight excluding hydrogens is 362 g/mol. The third-order valence-corrected chi connectivity index (χ3v) is 6.61. The predicted molar refractivity (Wildman–Crippen MR) is 118 cm³/mol. The van der Waals surface area contributed by atoms with Crippen LogP contribution in [0.3, 0.4) is 0 Å². The average Bonchev–Trinajstić information content (AvgIpc) is 2.68. The van der Waals surface area contributed by atoms with Gasteiger partial charge in [0, 0.05) is 11.8 Å². The van der Waals surface area contributed by atoms with Crippen molar-refractivity contribution in [3.8, 4) is 0 Å². The molecule has 4 nitrogen and oxygen atoms in total. The fourth-order valence-corrected chi connectivity index (χ4v) is 4.62. The van der Waals surface area contributed by atoms with Gasteiger partial charge in [-0.15, -0.1) is 0 Å². The van der Waals surface area contributed by atoms with Crippen molar-refractivity contribution in [2.24, 2.45) is 0 Å². The number of aliphatic hydroxyl groups is 1. The minimum Gasteiger partial charge on any atom is -0.477 e. The van der Waals surface area contributed by atoms with E-state index in [1.54, 1.807) is 0 Å². The Morgan fingerprint density at radius 2 is 1.55 bits per heavy atom. The number of carboxylic acid groups (broad SMARTS) is 1. The summed E-state index contributed by atoms with van der Waals surface area (Å²) >= 11 is 0. The van der Waals surface area contributed by atoms with Gasteiger partial charge < -0.3 is 14.7 Å². The Morgan fingerprint density at radius 3 is 2.03 bits per heavy atom. The minimum absolute atomic E-state index is 0.0241. The average molecular weight is 399 g/mol. The van der Waals surface area contributed by atoms with E-state index in [0.717, 1.165) is 16.7 Å². The summed E-state index contributed by atoms with van der Waals surface area (Å²) in [5.74, 6) is -0.780. The van der Waals surface area contributed by atoms with E-state index >= 15 is 0 Å². The summed E-state index contributed by atoms with van der Waals surface area (Å²) in [6.07, 6.45) is 0.667. The van der Waals surface area contributed by atoms with Gasteiger partial charge in [-0.1, -0.05) is 60.2 Å². The molecule has 0 aliphatic carbocycles. The highest BCUT2D eigenvalue weighted by Crippen LogP contribution is 2.37. The van der Waals surface area contributed by atoms with E-state index in [-0.39, 0.29) is 25.2 Å². The lowest BCUT2D eigenvalue weighted by Gasteiger charge is -2.47. The first kappa shape index (κ1) is 23.1. The molecule has 1 unspecified atom stereocenters. The highest BCUT2D eigenvalue weighted by Gasteiger charge is 2.42. The SMILES string of the molecule is Cc1cccc(C(CO)(CC[N+](CC(=O)O)(C(C)C)C(C)C)c2ccccc2)c1. The van der Waals surface area contributed by atoms with Crippen LogP contribution in [-0.4, -0.2) is 52.4 Å². The number of quaternary nitrogens is 1. The molecule has 4 heteroatoms. The lowest BCUT2D eigenvalue weighted by molar-refractivity contribution is -0.960. The molecule has 0 aliphatic heterocycles. The van der Waals surface area contributed by atoms with Crippen molar-refractivity contribution in [1.29, 1.82) is 0 Å². The number of aliphatic carboxylic acids is 1. The van der Waals surface area contributed by atoms with E-state index in [2.05, 4.69) is 65.0 Å². The summed E-state index contributed by atoms with van der Waals surface area (Å²) in [6.45, 7) is 11.2. The number of hydrogen-bond donors (Lipinski definition) is 2. The van der Waals surface area contributed by atoms with Crippen LogP contribution in [0.5, 0.6) is 0 Å². The van der Waals surface area contributed by atoms with Gasteiger partial charge in [-0.05, 0) is 45.7 Å². The maximum absolute atomic E-state index is 11.7. The monoisotopic (exact) mass is 398 g/mol. The van der Waals surface area contributed by atoms with Crippen LogP contribution in [0.2, 0.25) is 0 Å². The van der Waals surface area contributed by atoms with E-state index < -0.39 is 11.4 Å². The first-order chi connectivity index (χ1) is 13.7. The largest absolute Gasteiger partial charge is 0.477 e. The molecule has 0 saturated carbocycles. The van der Waals surface area contributed by atoms with Gasteiger partial charge in [0.1, 0.15) is 0 Å². The van der Waals surface area contributed by atoms with Crippen molar-refractivity contribution >= 4 is 5.97 Å². The van der Waals surface area contributed by atoms with Crippen LogP contribution in [0.1, 0.15) is 50.8 Å². The Kier molecular flexibility index (Phi) is 7.61. The number of aryl methyl sites for hydroxylation is 1. The van der Waals surface area contributed by atoms with Crippen LogP contribution in [0.4, 0.5) is 0 Å². The summed E-state index contributed by atoms with van der Waals surface area (Å²) in [7, 11) is 0. The quantitative estimate of drug-likeness (QED) is 0.584. The van der Waals surface area contributed by atoms with Crippen molar-refractivity contribution in [2.45, 2.75) is 58.5 Å². The maximum atomic E-state index is 11.7. The summed E-state index contributed by atoms with van der Waals surface area (Å²) < 4.78 is 0.482. The molecule has 0 fully saturated rings. The number of carboxylic acids is 1. The van der Waals surface area contributed by atoms with E-state index in [1.807, 2.05) is 24.3 Å². The number of nitrogens with zero attached hydrogens (tertiary/aromatic N) is 1. The molecule has 2 rings (SSSR count). The highest BCUT2D eigenvalue weighted by atomic mass is 16.4. The van der Waals surface area contributed by atoms with E-state index in [4.69, 9.17) is 0 Å². The lowest BCUT2D eigenvalue weighted by Crippen LogP contribution is -2.61. The van der Waals surface area contributed by atoms with Gasteiger partial charge in [-0.3, -0.25) is 0 Å². The number of carbonyl (C=O) groups is 1. The molecule has 0 aromatic heterocycles. The fraction of sp³-hybridized carbons (Fsp3) is 0.480. The second-order valence-corrected chi connectivity index (χ2v) is 8.79. The summed E-state index contributed by atoms with van der Waals surface area (Å²) in [6, 6.07) is 18.7. The van der Waals surface area contributed by atoms with Crippen LogP contribution in [0.25, 0.3) is 0 Å². The van der Waals surface area contributed by atoms with Crippen molar-refractivity contribution in [2.75, 3.05) is 19.7 Å². The van der Waals surface area contributed by atoms with Gasteiger partial charge in [0.05, 0.1) is 25.2 Å². The molecule has 158 valence electrons. The Bertz CT molecular complexity index is 793. The third kappa shape index (κ3) is 4.88. The molecule has 0 spiro atoms. The number of hydrogen-bond acceptors (Lipinski definition) is 2. The third-order valence-electron chi connectivity index (χ3n) is 6.61. The Balaban J connectivity index is 2.56. The molecule has 0 aliphatic rings. The molecule has 29 heavy (non-hydrogen) atoms. The number of benzene rings is 2. The first-order valence-corrected chi connectivity index (χ1v) is 10.5. The van der Waals surface area contributed by atoms with Gasteiger partial charge in [-0.2, -0.15) is 0 Å². The van der Waals surface area contributed by atoms with Crippen molar-refractivity contribution < 1.29 is 19.5 Å². The van der Waals surface area contributed by atoms with Crippen molar-refractivity contribution in [3.63, 3.8) is 0 Å². The van der Waals surface area contributed by atoms with Gasteiger partial charge in [0.15, 0.2) is 6.54 Å². The van der Waals surface area contributed by atoms with Crippen LogP contribution in [0.15, 0.2) is 54.6 Å². The van der Waals surface area contributed by atoms with Crippen LogP contribution in [0, 0.1) is 6.92 Å². The normalized spacial score (nSPS) is 14.2. The Labute approximate surface area is 175 Å². The molecule has 1 atom stereocenters. The van der Waals surface area contributed by atoms with E-state index in [0.29, 0.717) is 17.4 Å². The zero-order valence-electron chi connectivity index (χ0n) is 18.4. The van der Waals surface area contributed by atoms with E-state index in [1.165, 1.54) is 0 Å². The molecule has 0 amide bonds. The molecule has 0 bridgehead atoms. The zero-order valence-corrected chi connectivity index (χ0v) is 18.4. The summed E-state index contributed by atoms with van der Waals surface area (Å²) in [5, 5.41) is 20.3. The topological polar surface area (TPSA) is 57.5 Å². The van der Waals surface area contributed by atoms with E-state index in [9.17, 15) is 15.0 Å². The van der Waals surface area contributed by atoms with Gasteiger partial charge in [0.2, 0.25) is 0 Å². The molecule has 2 aromatic rings. The maximum Gasteiger partial charge on any atom is 0.359 e. The first-order valence-electron chi connectivity index (χ1n) is 10.5. The summed E-state index contributed by atoms with van der Waals surface area (Å²) in [4.78, 5) is 11.7. The highest BCUT2D eigenvalue weighted by molar-refractivity contribution is 5.68. The van der Waals surface area contributed by atoms with Crippen LogP contribution >= 0.6 is 0 Å². The zero-order chi connectivity index (χ0) is 21.7. The lowest BCUT2D eigenvalue weighted by atomic mass is 9.72. The molecular formula is C25H36NO3+. The predicted octanol–water partition coefficient (Wildman–Crippen LogP) is 4.38. The molecule has 2 aromatic carbocycles. The second-order valence-electron chi connectivity index (χ2n) is 8.79. The standard InChI is InChI=1S/C25H35NO3/c1-19(2)26(20(3)4,17-24(28)29)15-14-25(18-27,22-11-7-6-8-12-22)23-13-9-10-21(5)16-23/h6-13,16,19-20,27H,14-15,17-18H2,1-5H3/p+1. The molecule has 0 radical (unpaired) electrons. The molecule has 0 saturated heterocycles. The molecule has 2 N–H and O–H groups in total. The van der Waals surface area contributed by atoms with Gasteiger partial charge >= 0.3 is 5.97 Å². The number of rotatable bonds is 10. The van der Waals surface area contributed by atoms with Crippen molar-refractivity contribution in [1.82, 2.24) is 0 Å². The van der Waals surface area contributed by atoms with Gasteiger partial charge in [0.25, 0.3) is 0 Å². The fourth-order valence-electron chi connectivity index (χ4n) is 4.62. The van der Waals surface area contributed by atoms with Crippen LogP contribution in [-0.2, 0) is 10.2 Å². The smallest absolute Gasteiger partial charge is 0.359 e.